The van der Waals surface area contributed by atoms with E-state index in [-0.39, 0.29) is 16.9 Å². The molecule has 0 aliphatic carbocycles. The minimum atomic E-state index is -3.99. The molecule has 0 unspecified atom stereocenters. The van der Waals surface area contributed by atoms with Crippen LogP contribution in [0.15, 0.2) is 34.3 Å². The summed E-state index contributed by atoms with van der Waals surface area (Å²) in [6.45, 7) is 10.2. The van der Waals surface area contributed by atoms with Gasteiger partial charge in [-0.3, -0.25) is 9.80 Å². The van der Waals surface area contributed by atoms with Crippen molar-refractivity contribution in [1.82, 2.24) is 15.0 Å². The smallest absolute Gasteiger partial charge is 0.241 e. The third-order valence-corrected chi connectivity index (χ3v) is 6.26. The number of benzene rings is 1. The molecule has 1 heterocycles. The second-order valence-corrected chi connectivity index (χ2v) is 10.1. The van der Waals surface area contributed by atoms with Gasteiger partial charge in [-0.2, -0.15) is 9.82 Å². The average molecular weight is 457 g/mol. The maximum Gasteiger partial charge on any atom is 0.241 e. The van der Waals surface area contributed by atoms with Crippen molar-refractivity contribution >= 4 is 22.1 Å². The first kappa shape index (κ1) is 25.2. The summed E-state index contributed by atoms with van der Waals surface area (Å²) in [5.74, 6) is -0.964. The predicted molar refractivity (Wildman–Crippen MR) is 118 cm³/mol. The first-order chi connectivity index (χ1) is 14.6. The summed E-state index contributed by atoms with van der Waals surface area (Å²) in [6, 6.07) is 3.15. The molecule has 0 bridgehead atoms. The van der Waals surface area contributed by atoms with E-state index in [2.05, 4.69) is 15.1 Å². The highest BCUT2D eigenvalue weighted by atomic mass is 32.2. The summed E-state index contributed by atoms with van der Waals surface area (Å²) < 4.78 is 46.3. The maximum absolute atomic E-state index is 13.1. The molecule has 2 atom stereocenters. The molecule has 8 nitrogen and oxygen atoms in total. The van der Waals surface area contributed by atoms with E-state index >= 15 is 0 Å². The van der Waals surface area contributed by atoms with Crippen LogP contribution < -0.4 is 10.0 Å². The zero-order valence-corrected chi connectivity index (χ0v) is 19.4. The number of amides is 1. The summed E-state index contributed by atoms with van der Waals surface area (Å²) in [5.41, 5.74) is 0. The SMILES string of the molecule is CC(C)C[C@@H](/C=N/N1CCOCC1)NC(=O)[C@@H](NS(=O)(=O)c1ccc(F)cc1)C(C)C. The van der Waals surface area contributed by atoms with Crippen LogP contribution in [-0.4, -0.2) is 63.9 Å². The molecule has 1 amide bonds. The summed E-state index contributed by atoms with van der Waals surface area (Å²) in [5, 5.41) is 9.27. The van der Waals surface area contributed by atoms with E-state index in [9.17, 15) is 17.6 Å². The van der Waals surface area contributed by atoms with Crippen molar-refractivity contribution < 1.29 is 22.3 Å². The Morgan fingerprint density at radius 1 is 1.19 bits per heavy atom. The van der Waals surface area contributed by atoms with Crippen LogP contribution in [0.1, 0.15) is 34.1 Å². The normalized spacial score (nSPS) is 17.3. The molecule has 2 N–H and O–H groups in total. The number of sulfonamides is 1. The Hall–Kier alpha value is -2.04. The Labute approximate surface area is 184 Å². The van der Waals surface area contributed by atoms with Gasteiger partial charge in [0.25, 0.3) is 0 Å². The maximum atomic E-state index is 13.1. The Balaban J connectivity index is 2.11. The quantitative estimate of drug-likeness (QED) is 0.525. The van der Waals surface area contributed by atoms with E-state index in [1.54, 1.807) is 20.1 Å². The van der Waals surface area contributed by atoms with Crippen LogP contribution in [0.2, 0.25) is 0 Å². The largest absolute Gasteiger partial charge is 0.378 e. The second-order valence-electron chi connectivity index (χ2n) is 8.37. The Kier molecular flexibility index (Phi) is 9.39. The molecule has 2 rings (SSSR count). The van der Waals surface area contributed by atoms with E-state index < -0.39 is 27.8 Å². The minimum absolute atomic E-state index is 0.0973. The van der Waals surface area contributed by atoms with Crippen molar-refractivity contribution in [2.75, 3.05) is 26.3 Å². The lowest BCUT2D eigenvalue weighted by Crippen LogP contribution is -2.52. The number of carbonyl (C=O) groups excluding carboxylic acids is 1. The molecular formula is C21H33FN4O4S. The van der Waals surface area contributed by atoms with Crippen LogP contribution in [-0.2, 0) is 19.6 Å². The van der Waals surface area contributed by atoms with Gasteiger partial charge >= 0.3 is 0 Å². The van der Waals surface area contributed by atoms with Crippen LogP contribution in [0, 0.1) is 17.7 Å². The van der Waals surface area contributed by atoms with Gasteiger partial charge < -0.3 is 10.1 Å². The molecule has 174 valence electrons. The lowest BCUT2D eigenvalue weighted by molar-refractivity contribution is -0.124. The average Bonchev–Trinajstić information content (AvgIpc) is 2.70. The fraction of sp³-hybridized carbons (Fsp3) is 0.619. The number of morpholine rings is 1. The van der Waals surface area contributed by atoms with Crippen molar-refractivity contribution in [3.63, 3.8) is 0 Å². The van der Waals surface area contributed by atoms with E-state index in [1.165, 1.54) is 12.1 Å². The van der Waals surface area contributed by atoms with Crippen molar-refractivity contribution in [1.29, 1.82) is 0 Å². The fourth-order valence-corrected chi connectivity index (χ4v) is 4.47. The Bertz CT molecular complexity index is 837. The third kappa shape index (κ3) is 8.19. The van der Waals surface area contributed by atoms with Crippen LogP contribution >= 0.6 is 0 Å². The third-order valence-electron chi connectivity index (χ3n) is 4.81. The molecule has 1 saturated heterocycles. The van der Waals surface area contributed by atoms with Crippen molar-refractivity contribution in [3.8, 4) is 0 Å². The van der Waals surface area contributed by atoms with Gasteiger partial charge in [0.1, 0.15) is 11.9 Å². The van der Waals surface area contributed by atoms with Gasteiger partial charge in [0, 0.05) is 6.21 Å². The van der Waals surface area contributed by atoms with E-state index in [0.717, 1.165) is 12.1 Å². The predicted octanol–water partition coefficient (Wildman–Crippen LogP) is 1.98. The number of hydrazone groups is 1. The summed E-state index contributed by atoms with van der Waals surface area (Å²) in [7, 11) is -3.99. The molecule has 0 radical (unpaired) electrons. The van der Waals surface area contributed by atoms with Gasteiger partial charge in [-0.05, 0) is 42.5 Å². The fourth-order valence-electron chi connectivity index (χ4n) is 3.12. The van der Waals surface area contributed by atoms with Gasteiger partial charge in [0.15, 0.2) is 0 Å². The molecule has 10 heteroatoms. The summed E-state index contributed by atoms with van der Waals surface area (Å²) in [4.78, 5) is 12.9. The van der Waals surface area contributed by atoms with Gasteiger partial charge in [0.2, 0.25) is 15.9 Å². The molecular weight excluding hydrogens is 423 g/mol. The van der Waals surface area contributed by atoms with Crippen molar-refractivity contribution in [2.24, 2.45) is 16.9 Å². The van der Waals surface area contributed by atoms with Gasteiger partial charge in [-0.1, -0.05) is 27.7 Å². The highest BCUT2D eigenvalue weighted by Gasteiger charge is 2.29. The number of nitrogens with one attached hydrogen (secondary N) is 2. The first-order valence-electron chi connectivity index (χ1n) is 10.5. The van der Waals surface area contributed by atoms with Crippen molar-refractivity contribution in [2.45, 2.75) is 51.1 Å². The van der Waals surface area contributed by atoms with Crippen LogP contribution in [0.4, 0.5) is 4.39 Å². The second kappa shape index (κ2) is 11.5. The molecule has 1 fully saturated rings. The van der Waals surface area contributed by atoms with Crippen LogP contribution in [0.25, 0.3) is 0 Å². The topological polar surface area (TPSA) is 100 Å². The van der Waals surface area contributed by atoms with Gasteiger partial charge in [0.05, 0.1) is 37.2 Å². The van der Waals surface area contributed by atoms with E-state index in [1.807, 2.05) is 18.9 Å². The number of halogens is 1. The summed E-state index contributed by atoms with van der Waals surface area (Å²) >= 11 is 0. The molecule has 1 aromatic carbocycles. The molecule has 1 aliphatic rings. The highest BCUT2D eigenvalue weighted by Crippen LogP contribution is 2.14. The number of hydrogen-bond donors (Lipinski definition) is 2. The van der Waals surface area contributed by atoms with Crippen LogP contribution in [0.3, 0.4) is 0 Å². The lowest BCUT2D eigenvalue weighted by Gasteiger charge is -2.26. The van der Waals surface area contributed by atoms with Crippen molar-refractivity contribution in [3.05, 3.63) is 30.1 Å². The molecule has 1 aliphatic heterocycles. The van der Waals surface area contributed by atoms with E-state index in [4.69, 9.17) is 4.74 Å². The molecule has 0 aromatic heterocycles. The molecule has 31 heavy (non-hydrogen) atoms. The van der Waals surface area contributed by atoms with Gasteiger partial charge in [-0.25, -0.2) is 12.8 Å². The molecule has 0 spiro atoms. The standard InChI is InChI=1S/C21H33FN4O4S/c1-15(2)13-18(14-23-26-9-11-30-12-10-26)24-21(27)20(16(3)4)25-31(28,29)19-7-5-17(22)6-8-19/h5-8,14-16,18,20,25H,9-13H2,1-4H3,(H,24,27)/b23-14+/t18-,20-/m0/s1. The first-order valence-corrected chi connectivity index (χ1v) is 12.0. The van der Waals surface area contributed by atoms with Crippen LogP contribution in [0.5, 0.6) is 0 Å². The number of carbonyl (C=O) groups is 1. The highest BCUT2D eigenvalue weighted by molar-refractivity contribution is 7.89. The number of rotatable bonds is 10. The molecule has 0 saturated carbocycles. The summed E-state index contributed by atoms with van der Waals surface area (Å²) in [6.07, 6.45) is 2.37. The Morgan fingerprint density at radius 3 is 2.35 bits per heavy atom. The zero-order valence-electron chi connectivity index (χ0n) is 18.5. The number of ether oxygens (including phenoxy) is 1. The monoisotopic (exact) mass is 456 g/mol. The van der Waals surface area contributed by atoms with Gasteiger partial charge in [-0.15, -0.1) is 0 Å². The minimum Gasteiger partial charge on any atom is -0.378 e. The van der Waals surface area contributed by atoms with E-state index in [0.29, 0.717) is 38.6 Å². The molecule has 1 aromatic rings. The Morgan fingerprint density at radius 2 is 1.81 bits per heavy atom. The number of nitrogens with zero attached hydrogens (tertiary/aromatic N) is 2. The lowest BCUT2D eigenvalue weighted by atomic mass is 10.0. The number of hydrogen-bond acceptors (Lipinski definition) is 6. The zero-order chi connectivity index (χ0) is 23.0.